The van der Waals surface area contributed by atoms with Crippen LogP contribution in [-0.4, -0.2) is 23.5 Å². The van der Waals surface area contributed by atoms with Crippen molar-refractivity contribution < 1.29 is 4.79 Å². The van der Waals surface area contributed by atoms with Crippen molar-refractivity contribution in [1.82, 2.24) is 4.98 Å². The van der Waals surface area contributed by atoms with Gasteiger partial charge in [0.2, 0.25) is 5.91 Å². The second-order valence-corrected chi connectivity index (χ2v) is 7.49. The van der Waals surface area contributed by atoms with E-state index in [4.69, 9.17) is 5.73 Å². The van der Waals surface area contributed by atoms with Gasteiger partial charge in [-0.2, -0.15) is 0 Å². The normalized spacial score (nSPS) is 12.0. The number of aryl methyl sites for hydroxylation is 3. The highest BCUT2D eigenvalue weighted by Crippen LogP contribution is 2.26. The summed E-state index contributed by atoms with van der Waals surface area (Å²) in [5, 5.41) is 0. The van der Waals surface area contributed by atoms with Crippen molar-refractivity contribution >= 4 is 11.6 Å². The molecule has 2 aromatic rings. The molecule has 1 aromatic heterocycles. The van der Waals surface area contributed by atoms with Gasteiger partial charge in [0.1, 0.15) is 0 Å². The highest BCUT2D eigenvalue weighted by atomic mass is 16.2. The van der Waals surface area contributed by atoms with Crippen molar-refractivity contribution in [1.29, 1.82) is 0 Å². The molecule has 4 heteroatoms. The molecule has 0 radical (unpaired) electrons. The van der Waals surface area contributed by atoms with Gasteiger partial charge in [0.05, 0.1) is 0 Å². The second kappa shape index (κ2) is 10.8. The van der Waals surface area contributed by atoms with Crippen molar-refractivity contribution in [3.63, 3.8) is 0 Å². The van der Waals surface area contributed by atoms with Crippen LogP contribution in [-0.2, 0) is 11.2 Å². The quantitative estimate of drug-likeness (QED) is 0.626. The minimum absolute atomic E-state index is 0.121. The van der Waals surface area contributed by atoms with Gasteiger partial charge < -0.3 is 10.6 Å². The highest BCUT2D eigenvalue weighted by molar-refractivity contribution is 5.95. The summed E-state index contributed by atoms with van der Waals surface area (Å²) >= 11 is 0. The summed E-state index contributed by atoms with van der Waals surface area (Å²) in [5.41, 5.74) is 10.6. The first kappa shape index (κ1) is 21.1. The zero-order chi connectivity index (χ0) is 19.6. The number of para-hydroxylation sites is 1. The molecule has 0 aliphatic heterocycles. The van der Waals surface area contributed by atoms with E-state index in [2.05, 4.69) is 43.1 Å². The van der Waals surface area contributed by atoms with E-state index in [1.807, 2.05) is 30.3 Å². The van der Waals surface area contributed by atoms with Crippen LogP contribution in [0.1, 0.15) is 55.7 Å². The number of anilines is 1. The van der Waals surface area contributed by atoms with Crippen LogP contribution in [0.5, 0.6) is 0 Å². The van der Waals surface area contributed by atoms with Gasteiger partial charge in [0, 0.05) is 37.1 Å². The predicted molar refractivity (Wildman–Crippen MR) is 113 cm³/mol. The molecule has 0 saturated heterocycles. The molecule has 1 atom stereocenters. The fourth-order valence-electron chi connectivity index (χ4n) is 3.48. The molecule has 0 aliphatic carbocycles. The van der Waals surface area contributed by atoms with Crippen LogP contribution < -0.4 is 10.6 Å². The molecule has 1 amide bonds. The van der Waals surface area contributed by atoms with E-state index in [1.54, 1.807) is 0 Å². The topological polar surface area (TPSA) is 59.2 Å². The number of rotatable bonds is 10. The number of benzene rings is 1. The van der Waals surface area contributed by atoms with Crippen LogP contribution >= 0.6 is 0 Å². The van der Waals surface area contributed by atoms with Gasteiger partial charge in [-0.25, -0.2) is 0 Å². The molecule has 2 N–H and O–H groups in total. The van der Waals surface area contributed by atoms with E-state index < -0.39 is 0 Å². The third-order valence-corrected chi connectivity index (χ3v) is 4.85. The summed E-state index contributed by atoms with van der Waals surface area (Å²) in [7, 11) is 0. The molecule has 0 spiro atoms. The van der Waals surface area contributed by atoms with Crippen molar-refractivity contribution in [3.05, 3.63) is 59.4 Å². The average molecular weight is 368 g/mol. The van der Waals surface area contributed by atoms with Gasteiger partial charge in [0.25, 0.3) is 0 Å². The fourth-order valence-corrected chi connectivity index (χ4v) is 3.48. The number of amides is 1. The Morgan fingerprint density at radius 1 is 1.04 bits per heavy atom. The van der Waals surface area contributed by atoms with Crippen LogP contribution in [0.4, 0.5) is 5.69 Å². The highest BCUT2D eigenvalue weighted by Gasteiger charge is 2.19. The molecule has 2 rings (SSSR count). The Labute approximate surface area is 163 Å². The number of carbonyl (C=O) groups is 1. The number of carbonyl (C=O) groups excluding carboxylic acids is 1. The Hall–Kier alpha value is -2.20. The second-order valence-electron chi connectivity index (χ2n) is 7.49. The number of pyridine rings is 1. The van der Waals surface area contributed by atoms with Gasteiger partial charge in [-0.15, -0.1) is 0 Å². The van der Waals surface area contributed by atoms with E-state index in [0.29, 0.717) is 6.42 Å². The minimum Gasteiger partial charge on any atom is -0.327 e. The van der Waals surface area contributed by atoms with E-state index in [0.717, 1.165) is 42.6 Å². The fraction of sp³-hybridized carbons (Fsp3) is 0.478. The SMILES string of the molecule is Cc1cccc(C)c1N(CCCCCCc1ccncc1)C(=O)CC(C)N. The molecule has 1 heterocycles. The molecule has 0 aliphatic rings. The number of aromatic nitrogens is 1. The maximum atomic E-state index is 12.8. The zero-order valence-electron chi connectivity index (χ0n) is 16.9. The molecule has 0 bridgehead atoms. The van der Waals surface area contributed by atoms with E-state index >= 15 is 0 Å². The van der Waals surface area contributed by atoms with Crippen LogP contribution in [0, 0.1) is 13.8 Å². The summed E-state index contributed by atoms with van der Waals surface area (Å²) in [6, 6.07) is 10.2. The smallest absolute Gasteiger partial charge is 0.228 e. The van der Waals surface area contributed by atoms with Crippen molar-refractivity contribution in [3.8, 4) is 0 Å². The van der Waals surface area contributed by atoms with Gasteiger partial charge in [0.15, 0.2) is 0 Å². The molecule has 1 unspecified atom stereocenters. The summed E-state index contributed by atoms with van der Waals surface area (Å²) in [5.74, 6) is 0.124. The Bertz CT molecular complexity index is 693. The predicted octanol–water partition coefficient (Wildman–Crippen LogP) is 4.57. The molecular weight excluding hydrogens is 334 g/mol. The molecular formula is C23H33N3O. The standard InChI is InChI=1S/C23H33N3O/c1-18-9-8-10-19(2)23(18)26(22(27)17-20(3)24)16-7-5-4-6-11-21-12-14-25-15-13-21/h8-10,12-15,20H,4-7,11,16-17,24H2,1-3H3. The first-order chi connectivity index (χ1) is 13.0. The molecule has 0 saturated carbocycles. The van der Waals surface area contributed by atoms with Gasteiger partial charge in [-0.05, 0) is 68.9 Å². The van der Waals surface area contributed by atoms with E-state index in [1.165, 1.54) is 18.4 Å². The average Bonchev–Trinajstić information content (AvgIpc) is 2.63. The van der Waals surface area contributed by atoms with Crippen LogP contribution in [0.25, 0.3) is 0 Å². The van der Waals surface area contributed by atoms with Crippen molar-refractivity contribution in [2.45, 2.75) is 65.3 Å². The number of nitrogens with zero attached hydrogens (tertiary/aromatic N) is 2. The first-order valence-corrected chi connectivity index (χ1v) is 10.00. The Balaban J connectivity index is 1.89. The van der Waals surface area contributed by atoms with Crippen LogP contribution in [0.15, 0.2) is 42.7 Å². The molecule has 146 valence electrons. The summed E-state index contributed by atoms with van der Waals surface area (Å²) < 4.78 is 0. The van der Waals surface area contributed by atoms with Gasteiger partial charge in [-0.1, -0.05) is 31.0 Å². The van der Waals surface area contributed by atoms with E-state index in [-0.39, 0.29) is 11.9 Å². The lowest BCUT2D eigenvalue weighted by Crippen LogP contribution is -2.36. The molecule has 27 heavy (non-hydrogen) atoms. The van der Waals surface area contributed by atoms with Crippen molar-refractivity contribution in [2.75, 3.05) is 11.4 Å². The van der Waals surface area contributed by atoms with Crippen molar-refractivity contribution in [2.24, 2.45) is 5.73 Å². The Morgan fingerprint density at radius 2 is 1.67 bits per heavy atom. The summed E-state index contributed by atoms with van der Waals surface area (Å²) in [6.07, 6.45) is 9.64. The summed E-state index contributed by atoms with van der Waals surface area (Å²) in [6.45, 7) is 6.79. The summed E-state index contributed by atoms with van der Waals surface area (Å²) in [4.78, 5) is 18.8. The largest absolute Gasteiger partial charge is 0.327 e. The number of hydrogen-bond acceptors (Lipinski definition) is 3. The maximum absolute atomic E-state index is 12.8. The zero-order valence-corrected chi connectivity index (χ0v) is 16.9. The van der Waals surface area contributed by atoms with E-state index in [9.17, 15) is 4.79 Å². The first-order valence-electron chi connectivity index (χ1n) is 10.00. The lowest BCUT2D eigenvalue weighted by atomic mass is 10.0. The Kier molecular flexibility index (Phi) is 8.46. The lowest BCUT2D eigenvalue weighted by molar-refractivity contribution is -0.118. The molecule has 4 nitrogen and oxygen atoms in total. The minimum atomic E-state index is -0.121. The maximum Gasteiger partial charge on any atom is 0.228 e. The number of nitrogens with two attached hydrogens (primary N) is 1. The van der Waals surface area contributed by atoms with Gasteiger partial charge >= 0.3 is 0 Å². The van der Waals surface area contributed by atoms with Gasteiger partial charge in [-0.3, -0.25) is 9.78 Å². The lowest BCUT2D eigenvalue weighted by Gasteiger charge is -2.27. The van der Waals surface area contributed by atoms with Crippen LogP contribution in [0.3, 0.4) is 0 Å². The molecule has 1 aromatic carbocycles. The number of hydrogen-bond donors (Lipinski definition) is 1. The Morgan fingerprint density at radius 3 is 2.30 bits per heavy atom. The third kappa shape index (κ3) is 6.79. The third-order valence-electron chi connectivity index (χ3n) is 4.85. The molecule has 0 fully saturated rings. The monoisotopic (exact) mass is 367 g/mol. The number of unbranched alkanes of at least 4 members (excludes halogenated alkanes) is 3. The van der Waals surface area contributed by atoms with Crippen LogP contribution in [0.2, 0.25) is 0 Å².